The molecule has 3 aromatic carbocycles. The number of amides is 2. The van der Waals surface area contributed by atoms with E-state index in [9.17, 15) is 9.59 Å². The van der Waals surface area contributed by atoms with Gasteiger partial charge in [-0.15, -0.1) is 0 Å². The summed E-state index contributed by atoms with van der Waals surface area (Å²) in [5.74, 6) is -0.989. The molecule has 0 bridgehead atoms. The van der Waals surface area contributed by atoms with Crippen molar-refractivity contribution in [3.05, 3.63) is 92.4 Å². The molecule has 0 aliphatic heterocycles. The summed E-state index contributed by atoms with van der Waals surface area (Å²) in [5.41, 5.74) is 4.41. The Morgan fingerprint density at radius 1 is 0.912 bits per heavy atom. The van der Waals surface area contributed by atoms with Crippen molar-refractivity contribution in [1.29, 1.82) is 0 Å². The number of carbonyl (C=O) groups excluding carboxylic acids is 2. The summed E-state index contributed by atoms with van der Waals surface area (Å²) in [6.45, 7) is 0.444. The molecule has 7 nitrogen and oxygen atoms in total. The lowest BCUT2D eigenvalue weighted by molar-refractivity contribution is -0.139. The second kappa shape index (κ2) is 12.3. The van der Waals surface area contributed by atoms with Crippen molar-refractivity contribution >= 4 is 52.8 Å². The van der Waals surface area contributed by atoms with E-state index in [0.717, 1.165) is 11.1 Å². The number of methoxy groups -OCH3 is 1. The van der Waals surface area contributed by atoms with Crippen molar-refractivity contribution < 1.29 is 19.1 Å². The van der Waals surface area contributed by atoms with E-state index < -0.39 is 11.8 Å². The van der Waals surface area contributed by atoms with Crippen LogP contribution in [-0.4, -0.2) is 25.1 Å². The van der Waals surface area contributed by atoms with Gasteiger partial charge in [0.1, 0.15) is 6.61 Å². The van der Waals surface area contributed by atoms with Crippen LogP contribution < -0.4 is 20.2 Å². The number of nitrogens with one attached hydrogen (secondary N) is 2. The van der Waals surface area contributed by atoms with Crippen molar-refractivity contribution in [1.82, 2.24) is 10.7 Å². The highest BCUT2D eigenvalue weighted by molar-refractivity contribution is 6.35. The normalized spacial score (nSPS) is 10.7. The monoisotopic (exact) mass is 519 g/mol. The maximum absolute atomic E-state index is 12.0. The molecular formula is C24H20Cl3N3O4. The molecule has 10 heteroatoms. The lowest BCUT2D eigenvalue weighted by atomic mass is 10.2. The first-order valence-corrected chi connectivity index (χ1v) is 11.1. The molecule has 0 unspecified atom stereocenters. The topological polar surface area (TPSA) is 89.0 Å². The van der Waals surface area contributed by atoms with E-state index in [1.807, 2.05) is 12.1 Å². The molecule has 0 spiro atoms. The van der Waals surface area contributed by atoms with E-state index in [4.69, 9.17) is 44.3 Å². The maximum atomic E-state index is 12.0. The summed E-state index contributed by atoms with van der Waals surface area (Å²) in [4.78, 5) is 23.9. The number of hydrazone groups is 1. The maximum Gasteiger partial charge on any atom is 0.329 e. The van der Waals surface area contributed by atoms with E-state index >= 15 is 0 Å². The molecule has 0 radical (unpaired) electrons. The van der Waals surface area contributed by atoms with Crippen LogP contribution in [0.4, 0.5) is 0 Å². The van der Waals surface area contributed by atoms with Crippen LogP contribution in [-0.2, 0) is 22.7 Å². The van der Waals surface area contributed by atoms with E-state index in [1.165, 1.54) is 13.3 Å². The van der Waals surface area contributed by atoms with E-state index in [1.54, 1.807) is 48.5 Å². The fraction of sp³-hybridized carbons (Fsp3) is 0.125. The van der Waals surface area contributed by atoms with Crippen molar-refractivity contribution in [2.45, 2.75) is 13.2 Å². The first-order valence-electron chi connectivity index (χ1n) is 9.96. The van der Waals surface area contributed by atoms with Gasteiger partial charge in [0.15, 0.2) is 11.5 Å². The van der Waals surface area contributed by atoms with Gasteiger partial charge in [-0.05, 0) is 53.1 Å². The number of hydrogen-bond donors (Lipinski definition) is 2. The number of nitrogens with zero attached hydrogens (tertiary/aromatic N) is 1. The zero-order valence-electron chi connectivity index (χ0n) is 18.0. The molecule has 3 rings (SSSR count). The largest absolute Gasteiger partial charge is 0.493 e. The van der Waals surface area contributed by atoms with E-state index in [-0.39, 0.29) is 13.2 Å². The second-order valence-corrected chi connectivity index (χ2v) is 8.24. The van der Waals surface area contributed by atoms with Crippen LogP contribution in [0.25, 0.3) is 0 Å². The SMILES string of the molecule is COc1cc(/C=N\NC(=O)C(=O)NCc2ccc(Cl)cc2)cc(Cl)c1OCc1ccc(Cl)cc1. The number of hydrogen-bond acceptors (Lipinski definition) is 5. The smallest absolute Gasteiger partial charge is 0.329 e. The second-order valence-electron chi connectivity index (χ2n) is 6.96. The van der Waals surface area contributed by atoms with Crippen LogP contribution in [0.1, 0.15) is 16.7 Å². The highest BCUT2D eigenvalue weighted by Crippen LogP contribution is 2.36. The molecule has 0 atom stereocenters. The molecule has 176 valence electrons. The van der Waals surface area contributed by atoms with Gasteiger partial charge in [-0.3, -0.25) is 9.59 Å². The number of halogens is 3. The molecule has 34 heavy (non-hydrogen) atoms. The molecular weight excluding hydrogens is 501 g/mol. The summed E-state index contributed by atoms with van der Waals surface area (Å²) >= 11 is 18.1. The fourth-order valence-corrected chi connectivity index (χ4v) is 3.30. The van der Waals surface area contributed by atoms with Crippen molar-refractivity contribution in [2.24, 2.45) is 5.10 Å². The molecule has 2 N–H and O–H groups in total. The summed E-state index contributed by atoms with van der Waals surface area (Å²) in [5, 5.41) is 7.82. The number of rotatable bonds is 8. The van der Waals surface area contributed by atoms with Gasteiger partial charge in [0, 0.05) is 16.6 Å². The van der Waals surface area contributed by atoms with Gasteiger partial charge in [0.25, 0.3) is 0 Å². The lowest BCUT2D eigenvalue weighted by Crippen LogP contribution is -2.37. The molecule has 0 fully saturated rings. The first kappa shape index (κ1) is 25.4. The molecule has 0 aromatic heterocycles. The molecule has 0 aliphatic carbocycles. The average Bonchev–Trinajstić information content (AvgIpc) is 2.83. The molecule has 0 saturated heterocycles. The zero-order valence-corrected chi connectivity index (χ0v) is 20.2. The summed E-state index contributed by atoms with van der Waals surface area (Å²) in [7, 11) is 1.48. The molecule has 0 saturated carbocycles. The highest BCUT2D eigenvalue weighted by atomic mass is 35.5. The van der Waals surface area contributed by atoms with Crippen LogP contribution in [0.3, 0.4) is 0 Å². The quantitative estimate of drug-likeness (QED) is 0.248. The van der Waals surface area contributed by atoms with Crippen molar-refractivity contribution in [3.8, 4) is 11.5 Å². The van der Waals surface area contributed by atoms with Crippen LogP contribution in [0.2, 0.25) is 15.1 Å². The Labute approximate surface area is 211 Å². The Morgan fingerprint density at radius 3 is 2.15 bits per heavy atom. The molecule has 3 aromatic rings. The van der Waals surface area contributed by atoms with Gasteiger partial charge in [-0.2, -0.15) is 5.10 Å². The Morgan fingerprint density at radius 2 is 1.53 bits per heavy atom. The predicted octanol–water partition coefficient (Wildman–Crippen LogP) is 5.00. The number of ether oxygens (including phenoxy) is 2. The molecule has 0 heterocycles. The van der Waals surface area contributed by atoms with Crippen molar-refractivity contribution in [3.63, 3.8) is 0 Å². The van der Waals surface area contributed by atoms with Gasteiger partial charge < -0.3 is 14.8 Å². The van der Waals surface area contributed by atoms with Gasteiger partial charge in [-0.1, -0.05) is 59.1 Å². The van der Waals surface area contributed by atoms with Gasteiger partial charge in [0.2, 0.25) is 0 Å². The molecule has 2 amide bonds. The number of benzene rings is 3. The average molecular weight is 521 g/mol. The van der Waals surface area contributed by atoms with E-state index in [2.05, 4.69) is 15.8 Å². The Kier molecular flexibility index (Phi) is 9.16. The minimum Gasteiger partial charge on any atom is -0.493 e. The Hall–Kier alpha value is -3.26. The highest BCUT2D eigenvalue weighted by Gasteiger charge is 2.14. The van der Waals surface area contributed by atoms with Crippen LogP contribution in [0.5, 0.6) is 11.5 Å². The number of carbonyl (C=O) groups is 2. The summed E-state index contributed by atoms with van der Waals surface area (Å²) in [6.07, 6.45) is 1.34. The standard InChI is InChI=1S/C24H20Cl3N3O4/c1-33-21-11-17(10-20(27)22(21)34-14-16-4-8-19(26)9-5-16)13-29-30-24(32)23(31)28-12-15-2-6-18(25)7-3-15/h2-11,13H,12,14H2,1H3,(H,28,31)(H,30,32)/b29-13-. The zero-order chi connectivity index (χ0) is 24.5. The van der Waals surface area contributed by atoms with Crippen LogP contribution in [0.15, 0.2) is 65.8 Å². The van der Waals surface area contributed by atoms with Gasteiger partial charge in [-0.25, -0.2) is 5.43 Å². The lowest BCUT2D eigenvalue weighted by Gasteiger charge is -2.13. The minimum atomic E-state index is -0.911. The van der Waals surface area contributed by atoms with E-state index in [0.29, 0.717) is 32.1 Å². The third-order valence-corrected chi connectivity index (χ3v) is 5.29. The van der Waals surface area contributed by atoms with Crippen LogP contribution >= 0.6 is 34.8 Å². The van der Waals surface area contributed by atoms with Gasteiger partial charge >= 0.3 is 11.8 Å². The Balaban J connectivity index is 1.56. The summed E-state index contributed by atoms with van der Waals surface area (Å²) in [6, 6.07) is 17.3. The summed E-state index contributed by atoms with van der Waals surface area (Å²) < 4.78 is 11.2. The fourth-order valence-electron chi connectivity index (χ4n) is 2.77. The van der Waals surface area contributed by atoms with Crippen LogP contribution in [0, 0.1) is 0 Å². The first-order chi connectivity index (χ1) is 16.4. The third kappa shape index (κ3) is 7.38. The minimum absolute atomic E-state index is 0.178. The molecule has 0 aliphatic rings. The Bertz CT molecular complexity index is 1180. The third-order valence-electron chi connectivity index (χ3n) is 4.50. The predicted molar refractivity (Wildman–Crippen MR) is 133 cm³/mol. The van der Waals surface area contributed by atoms with Gasteiger partial charge in [0.05, 0.1) is 18.3 Å². The van der Waals surface area contributed by atoms with Crippen molar-refractivity contribution in [2.75, 3.05) is 7.11 Å².